The molecule has 4 aliphatic rings. The van der Waals surface area contributed by atoms with E-state index in [1.807, 2.05) is 4.90 Å². The van der Waals surface area contributed by atoms with E-state index in [0.717, 1.165) is 38.9 Å². The van der Waals surface area contributed by atoms with E-state index in [9.17, 15) is 14.7 Å². The van der Waals surface area contributed by atoms with E-state index >= 15 is 0 Å². The van der Waals surface area contributed by atoms with Crippen LogP contribution in [0.5, 0.6) is 0 Å². The first-order chi connectivity index (χ1) is 12.1. The summed E-state index contributed by atoms with van der Waals surface area (Å²) in [5, 5.41) is 10.4. The van der Waals surface area contributed by atoms with Gasteiger partial charge in [0.2, 0.25) is 0 Å². The monoisotopic (exact) mass is 352 g/mol. The van der Waals surface area contributed by atoms with Crippen molar-refractivity contribution in [2.24, 2.45) is 11.8 Å². The number of ether oxygens (including phenoxy) is 2. The van der Waals surface area contributed by atoms with Gasteiger partial charge in [-0.05, 0) is 57.5 Å². The molecule has 2 unspecified atom stereocenters. The predicted octanol–water partition coefficient (Wildman–Crippen LogP) is 0.994. The minimum atomic E-state index is -1.28. The Kier molecular flexibility index (Phi) is 4.62. The van der Waals surface area contributed by atoms with Crippen molar-refractivity contribution in [2.75, 3.05) is 26.2 Å². The summed E-state index contributed by atoms with van der Waals surface area (Å²) in [7, 11) is 0. The van der Waals surface area contributed by atoms with Gasteiger partial charge in [-0.2, -0.15) is 0 Å². The molecule has 1 N–H and O–H groups in total. The fourth-order valence-corrected chi connectivity index (χ4v) is 5.63. The molecule has 0 aromatic rings. The van der Waals surface area contributed by atoms with Crippen molar-refractivity contribution in [1.29, 1.82) is 0 Å². The molecule has 0 aliphatic carbocycles. The summed E-state index contributed by atoms with van der Waals surface area (Å²) < 4.78 is 10.1. The first-order valence-electron chi connectivity index (χ1n) is 9.66. The van der Waals surface area contributed by atoms with E-state index in [1.54, 1.807) is 6.92 Å². The molecule has 0 spiro atoms. The van der Waals surface area contributed by atoms with Crippen LogP contribution in [0, 0.1) is 11.8 Å². The molecule has 7 heteroatoms. The normalized spacial score (nSPS) is 40.9. The first-order valence-corrected chi connectivity index (χ1v) is 9.66. The molecule has 0 saturated carbocycles. The van der Waals surface area contributed by atoms with Crippen molar-refractivity contribution < 1.29 is 24.2 Å². The topological polar surface area (TPSA) is 79.3 Å². The van der Waals surface area contributed by atoms with E-state index in [1.165, 1.54) is 6.42 Å². The number of nitrogens with zero attached hydrogens (tertiary/aromatic N) is 2. The second kappa shape index (κ2) is 6.76. The number of amides is 1. The van der Waals surface area contributed by atoms with Gasteiger partial charge >= 0.3 is 6.16 Å². The van der Waals surface area contributed by atoms with Gasteiger partial charge in [-0.1, -0.05) is 0 Å². The maximum absolute atomic E-state index is 12.8. The van der Waals surface area contributed by atoms with Crippen molar-refractivity contribution in [3.63, 3.8) is 0 Å². The third-order valence-corrected chi connectivity index (χ3v) is 6.54. The molecular weight excluding hydrogens is 324 g/mol. The summed E-state index contributed by atoms with van der Waals surface area (Å²) in [6, 6.07) is 0.590. The molecule has 25 heavy (non-hydrogen) atoms. The van der Waals surface area contributed by atoms with Gasteiger partial charge in [-0.15, -0.1) is 0 Å². The maximum atomic E-state index is 12.8. The highest BCUT2D eigenvalue weighted by Crippen LogP contribution is 2.45. The number of aliphatic hydroxyl groups excluding tert-OH is 1. The number of hydrogen-bond donors (Lipinski definition) is 1. The molecule has 4 rings (SSSR count). The highest BCUT2D eigenvalue weighted by atomic mass is 16.7. The molecule has 4 fully saturated rings. The highest BCUT2D eigenvalue weighted by molar-refractivity contribution is 5.83. The minimum Gasteiger partial charge on any atom is -0.435 e. The minimum absolute atomic E-state index is 0.0532. The molecule has 6 atom stereocenters. The molecule has 140 valence electrons. The lowest BCUT2D eigenvalue weighted by Crippen LogP contribution is -2.70. The molecule has 0 aromatic heterocycles. The fourth-order valence-electron chi connectivity index (χ4n) is 5.63. The van der Waals surface area contributed by atoms with Gasteiger partial charge in [0.1, 0.15) is 6.10 Å². The lowest BCUT2D eigenvalue weighted by molar-refractivity contribution is -0.176. The molecule has 0 radical (unpaired) electrons. The van der Waals surface area contributed by atoms with Crippen LogP contribution >= 0.6 is 0 Å². The van der Waals surface area contributed by atoms with Crippen LogP contribution in [0.4, 0.5) is 4.79 Å². The summed E-state index contributed by atoms with van der Waals surface area (Å²) in [5.74, 6) is 0.637. The van der Waals surface area contributed by atoms with Crippen molar-refractivity contribution in [3.8, 4) is 0 Å². The zero-order valence-electron chi connectivity index (χ0n) is 14.8. The number of hydrogen-bond acceptors (Lipinski definition) is 6. The molecule has 4 heterocycles. The van der Waals surface area contributed by atoms with Gasteiger partial charge < -0.3 is 19.5 Å². The Morgan fingerprint density at radius 2 is 2.04 bits per heavy atom. The van der Waals surface area contributed by atoms with Crippen molar-refractivity contribution in [2.45, 2.75) is 63.3 Å². The van der Waals surface area contributed by atoms with Gasteiger partial charge in [0, 0.05) is 25.0 Å². The van der Waals surface area contributed by atoms with Crippen LogP contribution in [0.25, 0.3) is 0 Å². The average molecular weight is 352 g/mol. The first kappa shape index (κ1) is 17.1. The molecule has 1 amide bonds. The maximum Gasteiger partial charge on any atom is 0.508 e. The van der Waals surface area contributed by atoms with E-state index in [-0.39, 0.29) is 18.6 Å². The molecular formula is C18H28N2O5. The average Bonchev–Trinajstić information content (AvgIpc) is 2.61. The molecule has 0 aromatic carbocycles. The van der Waals surface area contributed by atoms with Crippen LogP contribution in [0.2, 0.25) is 0 Å². The second-order valence-corrected chi connectivity index (χ2v) is 7.81. The van der Waals surface area contributed by atoms with Gasteiger partial charge in [0.05, 0.1) is 6.61 Å². The van der Waals surface area contributed by atoms with E-state index in [2.05, 4.69) is 4.90 Å². The van der Waals surface area contributed by atoms with Crippen molar-refractivity contribution in [3.05, 3.63) is 0 Å². The highest BCUT2D eigenvalue weighted by Gasteiger charge is 2.54. The largest absolute Gasteiger partial charge is 0.508 e. The summed E-state index contributed by atoms with van der Waals surface area (Å²) in [5.41, 5.74) is 0. The Bertz CT molecular complexity index is 540. The van der Waals surface area contributed by atoms with Gasteiger partial charge in [0.15, 0.2) is 6.10 Å². The number of fused-ring (bicyclic) bond motifs is 2. The number of rotatable bonds is 2. The molecule has 4 aliphatic heterocycles. The van der Waals surface area contributed by atoms with Crippen molar-refractivity contribution in [1.82, 2.24) is 9.80 Å². The summed E-state index contributed by atoms with van der Waals surface area (Å²) in [6.07, 6.45) is 2.23. The SMILES string of the molecule is CCOC(=O)OC1C[C@@H]2[C@H]3CCCN4CCC[C@@H](CN2C(=O)C1O)[C@@H]34. The van der Waals surface area contributed by atoms with Crippen LogP contribution in [0.3, 0.4) is 0 Å². The van der Waals surface area contributed by atoms with Gasteiger partial charge in [0.25, 0.3) is 5.91 Å². The molecule has 4 saturated heterocycles. The predicted molar refractivity (Wildman–Crippen MR) is 88.8 cm³/mol. The summed E-state index contributed by atoms with van der Waals surface area (Å²) >= 11 is 0. The van der Waals surface area contributed by atoms with Crippen LogP contribution in [-0.2, 0) is 14.3 Å². The zero-order valence-corrected chi connectivity index (χ0v) is 14.8. The Morgan fingerprint density at radius 3 is 2.80 bits per heavy atom. The van der Waals surface area contributed by atoms with Gasteiger partial charge in [-0.25, -0.2) is 4.79 Å². The number of piperidine rings is 4. The Balaban J connectivity index is 1.55. The molecule has 0 bridgehead atoms. The van der Waals surface area contributed by atoms with E-state index in [4.69, 9.17) is 9.47 Å². The van der Waals surface area contributed by atoms with Crippen LogP contribution in [0.1, 0.15) is 39.0 Å². The quantitative estimate of drug-likeness (QED) is 0.747. The summed E-state index contributed by atoms with van der Waals surface area (Å²) in [6.45, 7) is 4.96. The molecule has 7 nitrogen and oxygen atoms in total. The van der Waals surface area contributed by atoms with Crippen LogP contribution < -0.4 is 0 Å². The third kappa shape index (κ3) is 2.91. The number of carbonyl (C=O) groups is 2. The van der Waals surface area contributed by atoms with Crippen molar-refractivity contribution >= 4 is 12.1 Å². The second-order valence-electron chi connectivity index (χ2n) is 7.81. The lowest BCUT2D eigenvalue weighted by Gasteiger charge is -2.59. The van der Waals surface area contributed by atoms with Gasteiger partial charge in [-0.3, -0.25) is 9.69 Å². The smallest absolute Gasteiger partial charge is 0.435 e. The Morgan fingerprint density at radius 1 is 1.28 bits per heavy atom. The number of aliphatic hydroxyl groups is 1. The van der Waals surface area contributed by atoms with Crippen LogP contribution in [0.15, 0.2) is 0 Å². The number of carbonyl (C=O) groups excluding carboxylic acids is 2. The van der Waals surface area contributed by atoms with Crippen LogP contribution in [-0.4, -0.2) is 77.5 Å². The standard InChI is InChI=1S/C18H28N2O5/c1-2-24-18(23)25-14-9-13-12-6-4-8-19-7-3-5-11(15(12)19)10-20(13)17(22)16(14)21/h11-16,21H,2-10H2,1H3/t11-,12+,13+,14?,15-,16?/m0/s1. The Hall–Kier alpha value is -1.34. The third-order valence-electron chi connectivity index (χ3n) is 6.54. The van der Waals surface area contributed by atoms with E-state index < -0.39 is 18.4 Å². The zero-order chi connectivity index (χ0) is 17.6. The Labute approximate surface area is 148 Å². The lowest BCUT2D eigenvalue weighted by atomic mass is 9.67. The fraction of sp³-hybridized carbons (Fsp3) is 0.889. The summed E-state index contributed by atoms with van der Waals surface area (Å²) in [4.78, 5) is 28.9. The van der Waals surface area contributed by atoms with E-state index in [0.29, 0.717) is 24.3 Å².